The normalized spacial score (nSPS) is 11.8. The molecule has 1 N–H and O–H groups in total. The van der Waals surface area contributed by atoms with Gasteiger partial charge in [-0.15, -0.1) is 0 Å². The van der Waals surface area contributed by atoms with E-state index in [1.165, 1.54) is 109 Å². The number of nitrogens with one attached hydrogen (secondary N) is 1. The van der Waals surface area contributed by atoms with E-state index in [2.05, 4.69) is 199 Å². The van der Waals surface area contributed by atoms with Gasteiger partial charge in [0.15, 0.2) is 0 Å². The van der Waals surface area contributed by atoms with Gasteiger partial charge in [-0.2, -0.15) is 0 Å². The Morgan fingerprint density at radius 3 is 1.30 bits per heavy atom. The molecule has 246 valence electrons. The lowest BCUT2D eigenvalue weighted by molar-refractivity contribution is 1.53. The Labute approximate surface area is 307 Å². The third-order valence-corrected chi connectivity index (χ3v) is 11.2. The van der Waals surface area contributed by atoms with Gasteiger partial charge in [0, 0.05) is 21.9 Å². The molecule has 11 rings (SSSR count). The van der Waals surface area contributed by atoms with Crippen molar-refractivity contribution in [1.82, 2.24) is 4.98 Å². The van der Waals surface area contributed by atoms with Crippen molar-refractivity contribution in [3.63, 3.8) is 0 Å². The summed E-state index contributed by atoms with van der Waals surface area (Å²) in [4.78, 5) is 3.70. The first kappa shape index (κ1) is 29.7. The monoisotopic (exact) mass is 671 g/mol. The minimum absolute atomic E-state index is 1.17. The number of rotatable bonds is 4. The quantitative estimate of drug-likeness (QED) is 0.179. The molecule has 0 aliphatic heterocycles. The summed E-state index contributed by atoms with van der Waals surface area (Å²) in [5.41, 5.74) is 12.1. The van der Waals surface area contributed by atoms with E-state index in [1.54, 1.807) is 0 Å². The highest BCUT2D eigenvalue weighted by molar-refractivity contribution is 6.16. The van der Waals surface area contributed by atoms with Gasteiger partial charge in [0.05, 0.1) is 5.52 Å². The van der Waals surface area contributed by atoms with Gasteiger partial charge in [-0.3, -0.25) is 0 Å². The van der Waals surface area contributed by atoms with Crippen LogP contribution in [0.2, 0.25) is 0 Å². The summed E-state index contributed by atoms with van der Waals surface area (Å²) in [5, 5.41) is 12.7. The summed E-state index contributed by atoms with van der Waals surface area (Å²) in [6, 6.07) is 71.4. The lowest BCUT2D eigenvalue weighted by Crippen LogP contribution is -1.90. The molecule has 1 nitrogen and oxygen atoms in total. The number of para-hydroxylation sites is 2. The van der Waals surface area contributed by atoms with E-state index >= 15 is 0 Å². The van der Waals surface area contributed by atoms with Crippen molar-refractivity contribution >= 4 is 64.9 Å². The van der Waals surface area contributed by atoms with Crippen molar-refractivity contribution in [1.29, 1.82) is 0 Å². The van der Waals surface area contributed by atoms with Crippen LogP contribution in [0.15, 0.2) is 194 Å². The number of hydrogen-bond donors (Lipinski definition) is 1. The second-order valence-electron chi connectivity index (χ2n) is 14.2. The number of aromatic amines is 1. The molecular weight excluding hydrogens is 639 g/mol. The maximum absolute atomic E-state index is 3.70. The largest absolute Gasteiger partial charge is 0.354 e. The summed E-state index contributed by atoms with van der Waals surface area (Å²) >= 11 is 0. The van der Waals surface area contributed by atoms with Crippen LogP contribution in [0.1, 0.15) is 0 Å². The van der Waals surface area contributed by atoms with E-state index in [-0.39, 0.29) is 0 Å². The van der Waals surface area contributed by atoms with E-state index in [9.17, 15) is 0 Å². The average molecular weight is 672 g/mol. The summed E-state index contributed by atoms with van der Waals surface area (Å²) in [6.45, 7) is 0. The zero-order valence-corrected chi connectivity index (χ0v) is 29.0. The minimum atomic E-state index is 1.17. The zero-order chi connectivity index (χ0) is 34.9. The fraction of sp³-hybridized carbons (Fsp3) is 0. The second kappa shape index (κ2) is 11.8. The van der Waals surface area contributed by atoms with Gasteiger partial charge in [0.1, 0.15) is 0 Å². The summed E-state index contributed by atoms with van der Waals surface area (Å²) in [7, 11) is 0. The fourth-order valence-electron chi connectivity index (χ4n) is 8.65. The van der Waals surface area contributed by atoms with Crippen LogP contribution in [-0.2, 0) is 0 Å². The van der Waals surface area contributed by atoms with Gasteiger partial charge in [-0.05, 0) is 118 Å². The van der Waals surface area contributed by atoms with Crippen molar-refractivity contribution in [3.8, 4) is 44.5 Å². The molecule has 1 heterocycles. The Kier molecular flexibility index (Phi) is 6.62. The molecule has 0 amide bonds. The van der Waals surface area contributed by atoms with Crippen molar-refractivity contribution in [2.45, 2.75) is 0 Å². The van der Waals surface area contributed by atoms with Crippen LogP contribution in [0, 0.1) is 0 Å². The first-order chi connectivity index (χ1) is 26.3. The predicted octanol–water partition coefficient (Wildman–Crippen LogP) is 14.6. The molecule has 1 heteroatoms. The zero-order valence-electron chi connectivity index (χ0n) is 29.0. The van der Waals surface area contributed by atoms with E-state index in [0.717, 1.165) is 0 Å². The summed E-state index contributed by atoms with van der Waals surface area (Å²) in [6.07, 6.45) is 0. The molecule has 0 fully saturated rings. The topological polar surface area (TPSA) is 15.8 Å². The van der Waals surface area contributed by atoms with Crippen LogP contribution in [-0.4, -0.2) is 4.98 Å². The number of benzene rings is 10. The van der Waals surface area contributed by atoms with E-state index < -0.39 is 0 Å². The fourth-order valence-corrected chi connectivity index (χ4v) is 8.65. The van der Waals surface area contributed by atoms with Crippen LogP contribution in [0.25, 0.3) is 109 Å². The highest BCUT2D eigenvalue weighted by Gasteiger charge is 2.16. The van der Waals surface area contributed by atoms with Crippen LogP contribution < -0.4 is 0 Å². The van der Waals surface area contributed by atoms with E-state index in [0.29, 0.717) is 0 Å². The van der Waals surface area contributed by atoms with Gasteiger partial charge in [0.25, 0.3) is 0 Å². The lowest BCUT2D eigenvalue weighted by atomic mass is 9.87. The minimum Gasteiger partial charge on any atom is -0.354 e. The Morgan fingerprint density at radius 2 is 0.698 bits per heavy atom. The Balaban J connectivity index is 1.14. The molecular formula is C52H33N. The van der Waals surface area contributed by atoms with Crippen molar-refractivity contribution in [2.24, 2.45) is 0 Å². The standard InChI is InChI=1S/C52H33N/c1-3-14-40-35(12-1)31-49(45-18-7-5-16-43(40)45)38-28-37(29-39(30-38)50-32-36-13-2-4-15-41(36)44-17-6-8-19-46(44)50)33-24-26-34(27-25-33)42-21-11-22-48-47-20-9-10-23-51(47)53-52(42)48/h1-32,53H. The van der Waals surface area contributed by atoms with Crippen molar-refractivity contribution < 1.29 is 0 Å². The first-order valence-corrected chi connectivity index (χ1v) is 18.3. The second-order valence-corrected chi connectivity index (χ2v) is 14.2. The molecule has 0 radical (unpaired) electrons. The van der Waals surface area contributed by atoms with Gasteiger partial charge >= 0.3 is 0 Å². The molecule has 53 heavy (non-hydrogen) atoms. The number of hydrogen-bond acceptors (Lipinski definition) is 0. The molecule has 0 atom stereocenters. The van der Waals surface area contributed by atoms with Crippen LogP contribution in [0.3, 0.4) is 0 Å². The molecule has 11 aromatic rings. The molecule has 0 unspecified atom stereocenters. The smallest absolute Gasteiger partial charge is 0.0544 e. The molecule has 0 bridgehead atoms. The summed E-state index contributed by atoms with van der Waals surface area (Å²) in [5.74, 6) is 0. The average Bonchev–Trinajstić information content (AvgIpc) is 3.62. The Morgan fingerprint density at radius 1 is 0.245 bits per heavy atom. The molecule has 0 aliphatic carbocycles. The molecule has 0 spiro atoms. The van der Waals surface area contributed by atoms with Gasteiger partial charge in [0.2, 0.25) is 0 Å². The van der Waals surface area contributed by atoms with Gasteiger partial charge in [-0.1, -0.05) is 158 Å². The number of H-pyrrole nitrogens is 1. The van der Waals surface area contributed by atoms with E-state index in [4.69, 9.17) is 0 Å². The molecule has 0 saturated heterocycles. The number of aromatic nitrogens is 1. The highest BCUT2D eigenvalue weighted by atomic mass is 14.7. The van der Waals surface area contributed by atoms with Gasteiger partial charge < -0.3 is 4.98 Å². The van der Waals surface area contributed by atoms with Crippen molar-refractivity contribution in [3.05, 3.63) is 194 Å². The Hall–Kier alpha value is -6.96. The van der Waals surface area contributed by atoms with E-state index in [1.807, 2.05) is 0 Å². The third-order valence-electron chi connectivity index (χ3n) is 11.2. The van der Waals surface area contributed by atoms with Crippen LogP contribution in [0.4, 0.5) is 0 Å². The molecule has 0 saturated carbocycles. The Bertz CT molecular complexity index is 3080. The van der Waals surface area contributed by atoms with Crippen LogP contribution in [0.5, 0.6) is 0 Å². The summed E-state index contributed by atoms with van der Waals surface area (Å²) < 4.78 is 0. The molecule has 10 aromatic carbocycles. The van der Waals surface area contributed by atoms with Gasteiger partial charge in [-0.25, -0.2) is 0 Å². The maximum Gasteiger partial charge on any atom is 0.0544 e. The molecule has 1 aromatic heterocycles. The highest BCUT2D eigenvalue weighted by Crippen LogP contribution is 2.42. The first-order valence-electron chi connectivity index (χ1n) is 18.3. The molecule has 0 aliphatic rings. The maximum atomic E-state index is 3.70. The SMILES string of the molecule is c1ccc2c(c1)cc(-c1cc(-c3ccc(-c4cccc5c4[nH]c4ccccc45)cc3)cc(-c3cc4ccccc4c4ccccc34)c1)c1ccccc12. The predicted molar refractivity (Wildman–Crippen MR) is 228 cm³/mol. The van der Waals surface area contributed by atoms with Crippen molar-refractivity contribution in [2.75, 3.05) is 0 Å². The lowest BCUT2D eigenvalue weighted by Gasteiger charge is -2.17. The number of fused-ring (bicyclic) bond motifs is 9. The third kappa shape index (κ3) is 4.79. The van der Waals surface area contributed by atoms with Crippen LogP contribution >= 0.6 is 0 Å².